The Kier molecular flexibility index (Phi) is 4.44. The van der Waals surface area contributed by atoms with Gasteiger partial charge >= 0.3 is 0 Å². The molecule has 1 heterocycles. The molecule has 1 atom stereocenters. The molecule has 0 saturated carbocycles. The van der Waals surface area contributed by atoms with Crippen molar-refractivity contribution >= 4 is 11.5 Å². The standard InChI is InChI=1S/C13H15FN2O2S/c1-3-10-13(19-16-15-10)11(17)7-8-4-5-12(18-2)9(14)6-8/h4-6,11,17H,3,7H2,1-2H3. The highest BCUT2D eigenvalue weighted by Gasteiger charge is 2.17. The minimum absolute atomic E-state index is 0.201. The summed E-state index contributed by atoms with van der Waals surface area (Å²) in [5, 5.41) is 14.1. The normalized spacial score (nSPS) is 12.4. The second-order valence-corrected chi connectivity index (χ2v) is 4.91. The molecular formula is C13H15FN2O2S. The van der Waals surface area contributed by atoms with Gasteiger partial charge in [0.1, 0.15) is 0 Å². The van der Waals surface area contributed by atoms with E-state index in [0.29, 0.717) is 12.0 Å². The van der Waals surface area contributed by atoms with E-state index in [9.17, 15) is 9.50 Å². The van der Waals surface area contributed by atoms with Gasteiger partial charge in [0.2, 0.25) is 0 Å². The molecule has 0 fully saturated rings. The predicted molar refractivity (Wildman–Crippen MR) is 70.9 cm³/mol. The highest BCUT2D eigenvalue weighted by molar-refractivity contribution is 7.05. The van der Waals surface area contributed by atoms with E-state index in [0.717, 1.165) is 17.0 Å². The number of methoxy groups -OCH3 is 1. The minimum Gasteiger partial charge on any atom is -0.494 e. The highest BCUT2D eigenvalue weighted by atomic mass is 32.1. The van der Waals surface area contributed by atoms with Crippen LogP contribution in [0.4, 0.5) is 4.39 Å². The van der Waals surface area contributed by atoms with Gasteiger partial charge in [0.05, 0.1) is 23.8 Å². The van der Waals surface area contributed by atoms with Crippen LogP contribution in [-0.2, 0) is 12.8 Å². The molecule has 0 aliphatic carbocycles. The molecule has 1 N–H and O–H groups in total. The van der Waals surface area contributed by atoms with Gasteiger partial charge in [-0.15, -0.1) is 5.10 Å². The molecule has 1 aromatic carbocycles. The molecular weight excluding hydrogens is 267 g/mol. The summed E-state index contributed by atoms with van der Waals surface area (Å²) in [5.74, 6) is -0.225. The lowest BCUT2D eigenvalue weighted by molar-refractivity contribution is 0.181. The maximum absolute atomic E-state index is 13.6. The summed E-state index contributed by atoms with van der Waals surface area (Å²) in [6.45, 7) is 1.96. The molecule has 0 spiro atoms. The molecule has 0 amide bonds. The smallest absolute Gasteiger partial charge is 0.165 e. The number of hydrogen-bond acceptors (Lipinski definition) is 5. The van der Waals surface area contributed by atoms with Crippen molar-refractivity contribution in [2.45, 2.75) is 25.9 Å². The van der Waals surface area contributed by atoms with E-state index in [1.54, 1.807) is 12.1 Å². The van der Waals surface area contributed by atoms with Crippen LogP contribution in [-0.4, -0.2) is 21.8 Å². The first-order valence-electron chi connectivity index (χ1n) is 5.97. The van der Waals surface area contributed by atoms with Crippen LogP contribution in [0.1, 0.15) is 29.2 Å². The molecule has 2 aromatic rings. The number of benzene rings is 1. The quantitative estimate of drug-likeness (QED) is 0.915. The van der Waals surface area contributed by atoms with Crippen molar-refractivity contribution in [2.24, 2.45) is 0 Å². The van der Waals surface area contributed by atoms with Crippen LogP contribution in [0, 0.1) is 5.82 Å². The molecule has 4 nitrogen and oxygen atoms in total. The Morgan fingerprint density at radius 2 is 2.26 bits per heavy atom. The Labute approximate surface area is 115 Å². The first-order valence-corrected chi connectivity index (χ1v) is 6.74. The van der Waals surface area contributed by atoms with E-state index in [2.05, 4.69) is 9.59 Å². The molecule has 0 aliphatic rings. The Hall–Kier alpha value is -1.53. The SMILES string of the molecule is CCc1nnsc1C(O)Cc1ccc(OC)c(F)c1. The monoisotopic (exact) mass is 282 g/mol. The second-order valence-electron chi connectivity index (χ2n) is 4.13. The number of nitrogens with zero attached hydrogens (tertiary/aromatic N) is 2. The lowest BCUT2D eigenvalue weighted by Crippen LogP contribution is -2.03. The van der Waals surface area contributed by atoms with Gasteiger partial charge in [-0.25, -0.2) is 4.39 Å². The molecule has 102 valence electrons. The Balaban J connectivity index is 2.15. The number of hydrogen-bond donors (Lipinski definition) is 1. The number of aromatic nitrogens is 2. The minimum atomic E-state index is -0.706. The van der Waals surface area contributed by atoms with Gasteiger partial charge in [0.15, 0.2) is 11.6 Å². The number of rotatable bonds is 5. The van der Waals surface area contributed by atoms with Gasteiger partial charge in [0, 0.05) is 6.42 Å². The van der Waals surface area contributed by atoms with Crippen LogP contribution in [0.2, 0.25) is 0 Å². The topological polar surface area (TPSA) is 55.2 Å². The van der Waals surface area contributed by atoms with E-state index in [1.807, 2.05) is 6.92 Å². The van der Waals surface area contributed by atoms with Crippen molar-refractivity contribution in [3.8, 4) is 5.75 Å². The number of aliphatic hydroxyl groups excluding tert-OH is 1. The zero-order valence-corrected chi connectivity index (χ0v) is 11.6. The van der Waals surface area contributed by atoms with Crippen LogP contribution in [0.3, 0.4) is 0 Å². The number of aliphatic hydroxyl groups is 1. The van der Waals surface area contributed by atoms with Crippen molar-refractivity contribution in [2.75, 3.05) is 7.11 Å². The average molecular weight is 282 g/mol. The fourth-order valence-electron chi connectivity index (χ4n) is 1.87. The van der Waals surface area contributed by atoms with Gasteiger partial charge in [-0.3, -0.25) is 0 Å². The number of aryl methyl sites for hydroxylation is 1. The van der Waals surface area contributed by atoms with Crippen molar-refractivity contribution in [3.05, 3.63) is 40.2 Å². The fourth-order valence-corrected chi connectivity index (χ4v) is 2.59. The summed E-state index contributed by atoms with van der Waals surface area (Å²) in [5.41, 5.74) is 1.51. The maximum atomic E-state index is 13.6. The molecule has 1 aromatic heterocycles. The van der Waals surface area contributed by atoms with E-state index in [-0.39, 0.29) is 5.75 Å². The highest BCUT2D eigenvalue weighted by Crippen LogP contribution is 2.26. The van der Waals surface area contributed by atoms with Gasteiger partial charge in [-0.1, -0.05) is 17.5 Å². The lowest BCUT2D eigenvalue weighted by Gasteiger charge is -2.10. The zero-order valence-electron chi connectivity index (χ0n) is 10.8. The van der Waals surface area contributed by atoms with Gasteiger partial charge < -0.3 is 9.84 Å². The molecule has 6 heteroatoms. The van der Waals surface area contributed by atoms with Crippen molar-refractivity contribution in [3.63, 3.8) is 0 Å². The number of ether oxygens (including phenoxy) is 1. The Morgan fingerprint density at radius 3 is 2.89 bits per heavy atom. The van der Waals surface area contributed by atoms with Crippen LogP contribution in [0.5, 0.6) is 5.75 Å². The summed E-state index contributed by atoms with van der Waals surface area (Å²) in [7, 11) is 1.42. The van der Waals surface area contributed by atoms with E-state index in [4.69, 9.17) is 4.74 Å². The third-order valence-electron chi connectivity index (χ3n) is 2.87. The van der Waals surface area contributed by atoms with Gasteiger partial charge in [-0.2, -0.15) is 0 Å². The zero-order chi connectivity index (χ0) is 13.8. The largest absolute Gasteiger partial charge is 0.494 e. The predicted octanol–water partition coefficient (Wildman–Crippen LogP) is 2.52. The van der Waals surface area contributed by atoms with E-state index in [1.165, 1.54) is 24.7 Å². The van der Waals surface area contributed by atoms with Crippen LogP contribution in [0.15, 0.2) is 18.2 Å². The van der Waals surface area contributed by atoms with Crippen LogP contribution in [0.25, 0.3) is 0 Å². The summed E-state index contributed by atoms with van der Waals surface area (Å²) in [4.78, 5) is 0.749. The maximum Gasteiger partial charge on any atom is 0.165 e. The first kappa shape index (κ1) is 13.9. The molecule has 0 aliphatic heterocycles. The van der Waals surface area contributed by atoms with E-state index < -0.39 is 11.9 Å². The molecule has 0 radical (unpaired) electrons. The summed E-state index contributed by atoms with van der Waals surface area (Å²) in [6.07, 6.45) is 0.347. The average Bonchev–Trinajstić information content (AvgIpc) is 2.87. The molecule has 0 bridgehead atoms. The summed E-state index contributed by atoms with van der Waals surface area (Å²) >= 11 is 1.18. The van der Waals surface area contributed by atoms with Crippen LogP contribution < -0.4 is 4.74 Å². The Morgan fingerprint density at radius 1 is 1.47 bits per heavy atom. The lowest BCUT2D eigenvalue weighted by atomic mass is 10.1. The summed E-state index contributed by atoms with van der Waals surface area (Å²) < 4.78 is 22.3. The third-order valence-corrected chi connectivity index (χ3v) is 3.74. The van der Waals surface area contributed by atoms with Gasteiger partial charge in [-0.05, 0) is 35.6 Å². The van der Waals surface area contributed by atoms with Gasteiger partial charge in [0.25, 0.3) is 0 Å². The second kappa shape index (κ2) is 6.08. The first-order chi connectivity index (χ1) is 9.15. The molecule has 19 heavy (non-hydrogen) atoms. The third kappa shape index (κ3) is 3.08. The summed E-state index contributed by atoms with van der Waals surface area (Å²) in [6, 6.07) is 4.68. The van der Waals surface area contributed by atoms with E-state index >= 15 is 0 Å². The molecule has 1 unspecified atom stereocenters. The fraction of sp³-hybridized carbons (Fsp3) is 0.385. The van der Waals surface area contributed by atoms with Crippen molar-refractivity contribution in [1.82, 2.24) is 9.59 Å². The van der Waals surface area contributed by atoms with Crippen molar-refractivity contribution < 1.29 is 14.2 Å². The molecule has 2 rings (SSSR count). The van der Waals surface area contributed by atoms with Crippen LogP contribution >= 0.6 is 11.5 Å². The van der Waals surface area contributed by atoms with Crippen molar-refractivity contribution in [1.29, 1.82) is 0 Å². The Bertz CT molecular complexity index is 559. The number of halogens is 1. The molecule has 0 saturated heterocycles.